The maximum absolute atomic E-state index is 12.5. The van der Waals surface area contributed by atoms with Crippen molar-refractivity contribution in [3.05, 3.63) is 57.8 Å². The summed E-state index contributed by atoms with van der Waals surface area (Å²) in [5.41, 5.74) is 2.53. The number of nitrogens with zero attached hydrogens (tertiary/aromatic N) is 4. The Hall–Kier alpha value is -2.48. The molecule has 0 bridgehead atoms. The molecule has 27 heavy (non-hydrogen) atoms. The summed E-state index contributed by atoms with van der Waals surface area (Å²) >= 11 is 13.5. The van der Waals surface area contributed by atoms with Crippen LogP contribution in [0, 0.1) is 6.92 Å². The molecule has 1 amide bonds. The highest BCUT2D eigenvalue weighted by molar-refractivity contribution is 7.13. The number of anilines is 1. The topological polar surface area (TPSA) is 72.7 Å². The van der Waals surface area contributed by atoms with Gasteiger partial charge in [0.15, 0.2) is 11.5 Å². The number of hydrogen-bond donors (Lipinski definition) is 1. The molecule has 0 atom stereocenters. The molecule has 4 aromatic heterocycles. The first-order valence-electron chi connectivity index (χ1n) is 8.00. The minimum atomic E-state index is -0.306. The summed E-state index contributed by atoms with van der Waals surface area (Å²) in [6.07, 6.45) is 3.15. The lowest BCUT2D eigenvalue weighted by Crippen LogP contribution is -2.20. The number of pyridine rings is 2. The van der Waals surface area contributed by atoms with Crippen LogP contribution in [0.3, 0.4) is 0 Å². The van der Waals surface area contributed by atoms with Gasteiger partial charge < -0.3 is 5.32 Å². The summed E-state index contributed by atoms with van der Waals surface area (Å²) in [6, 6.07) is 7.54. The molecule has 9 heteroatoms. The van der Waals surface area contributed by atoms with Crippen molar-refractivity contribution < 1.29 is 4.79 Å². The van der Waals surface area contributed by atoms with Crippen molar-refractivity contribution in [1.29, 1.82) is 0 Å². The first-order chi connectivity index (χ1) is 13.0. The SMILES string of the molecule is Cc1nn(CC(=O)Nc2ncc(Cl)cc2Cl)c2nccc(-c3cccs3)c12. The molecule has 0 aromatic carbocycles. The second-order valence-electron chi connectivity index (χ2n) is 5.81. The Morgan fingerprint density at radius 2 is 2.15 bits per heavy atom. The fourth-order valence-electron chi connectivity index (χ4n) is 2.84. The van der Waals surface area contributed by atoms with Gasteiger partial charge in [0.1, 0.15) is 6.54 Å². The summed E-state index contributed by atoms with van der Waals surface area (Å²) in [5, 5.41) is 10.8. The molecule has 0 saturated heterocycles. The highest BCUT2D eigenvalue weighted by atomic mass is 35.5. The number of fused-ring (bicyclic) bond motifs is 1. The van der Waals surface area contributed by atoms with E-state index >= 15 is 0 Å². The van der Waals surface area contributed by atoms with Crippen LogP contribution in [0.4, 0.5) is 5.82 Å². The molecule has 0 aliphatic rings. The lowest BCUT2D eigenvalue weighted by molar-refractivity contribution is -0.116. The molecule has 0 unspecified atom stereocenters. The molecule has 0 aliphatic carbocycles. The van der Waals surface area contributed by atoms with Crippen LogP contribution in [0.5, 0.6) is 0 Å². The Labute approximate surface area is 168 Å². The van der Waals surface area contributed by atoms with Crippen LogP contribution in [0.15, 0.2) is 42.0 Å². The second kappa shape index (κ2) is 7.26. The normalized spacial score (nSPS) is 11.1. The molecule has 0 radical (unpaired) electrons. The third kappa shape index (κ3) is 3.53. The number of hydrogen-bond acceptors (Lipinski definition) is 5. The standard InChI is InChI=1S/C18H13Cl2N5OS/c1-10-16-12(14-3-2-6-27-14)4-5-21-18(16)25(24-10)9-15(26)23-17-13(20)7-11(19)8-22-17/h2-8H,9H2,1H3,(H,22,23,26). The van der Waals surface area contributed by atoms with Gasteiger partial charge >= 0.3 is 0 Å². The predicted molar refractivity (Wildman–Crippen MR) is 108 cm³/mol. The van der Waals surface area contributed by atoms with E-state index in [0.29, 0.717) is 10.7 Å². The van der Waals surface area contributed by atoms with Gasteiger partial charge in [-0.25, -0.2) is 14.6 Å². The van der Waals surface area contributed by atoms with Crippen molar-refractivity contribution in [2.24, 2.45) is 0 Å². The summed E-state index contributed by atoms with van der Waals surface area (Å²) in [6.45, 7) is 1.90. The van der Waals surface area contributed by atoms with E-state index in [2.05, 4.69) is 26.4 Å². The molecule has 4 rings (SSSR count). The number of aromatic nitrogens is 4. The molecular weight excluding hydrogens is 405 g/mol. The van der Waals surface area contributed by atoms with Crippen molar-refractivity contribution in [3.8, 4) is 10.4 Å². The zero-order valence-electron chi connectivity index (χ0n) is 14.1. The zero-order valence-corrected chi connectivity index (χ0v) is 16.4. The molecule has 0 fully saturated rings. The number of halogens is 2. The third-order valence-corrected chi connectivity index (χ3v) is 5.35. The molecule has 0 saturated carbocycles. The number of rotatable bonds is 4. The largest absolute Gasteiger partial charge is 0.308 e. The smallest absolute Gasteiger partial charge is 0.247 e. The number of amides is 1. The summed E-state index contributed by atoms with van der Waals surface area (Å²) in [4.78, 5) is 22.1. The fraction of sp³-hybridized carbons (Fsp3) is 0.111. The summed E-state index contributed by atoms with van der Waals surface area (Å²) in [7, 11) is 0. The van der Waals surface area contributed by atoms with Gasteiger partial charge in [-0.3, -0.25) is 4.79 Å². The van der Waals surface area contributed by atoms with Gasteiger partial charge in [0, 0.05) is 22.8 Å². The van der Waals surface area contributed by atoms with E-state index in [9.17, 15) is 4.79 Å². The van der Waals surface area contributed by atoms with Gasteiger partial charge in [-0.15, -0.1) is 11.3 Å². The average molecular weight is 418 g/mol. The van der Waals surface area contributed by atoms with E-state index in [-0.39, 0.29) is 23.3 Å². The Bertz CT molecular complexity index is 1140. The van der Waals surface area contributed by atoms with Crippen LogP contribution < -0.4 is 5.32 Å². The maximum atomic E-state index is 12.5. The minimum Gasteiger partial charge on any atom is -0.308 e. The Balaban J connectivity index is 1.65. The van der Waals surface area contributed by atoms with Crippen molar-refractivity contribution >= 4 is 57.3 Å². The van der Waals surface area contributed by atoms with Crippen LogP contribution >= 0.6 is 34.5 Å². The first-order valence-corrected chi connectivity index (χ1v) is 9.63. The van der Waals surface area contributed by atoms with Crippen molar-refractivity contribution in [3.63, 3.8) is 0 Å². The van der Waals surface area contributed by atoms with E-state index in [0.717, 1.165) is 21.5 Å². The predicted octanol–water partition coefficient (Wildman–Crippen LogP) is 4.81. The van der Waals surface area contributed by atoms with E-state index in [4.69, 9.17) is 23.2 Å². The number of aryl methyl sites for hydroxylation is 1. The molecular formula is C18H13Cl2N5OS. The van der Waals surface area contributed by atoms with Crippen LogP contribution in [-0.2, 0) is 11.3 Å². The van der Waals surface area contributed by atoms with Gasteiger partial charge in [-0.1, -0.05) is 29.3 Å². The van der Waals surface area contributed by atoms with E-state index in [1.54, 1.807) is 22.2 Å². The minimum absolute atomic E-state index is 0.00807. The van der Waals surface area contributed by atoms with Crippen LogP contribution in [0.2, 0.25) is 10.0 Å². The van der Waals surface area contributed by atoms with Crippen LogP contribution in [0.25, 0.3) is 21.5 Å². The van der Waals surface area contributed by atoms with Gasteiger partial charge in [-0.2, -0.15) is 5.10 Å². The van der Waals surface area contributed by atoms with E-state index < -0.39 is 0 Å². The van der Waals surface area contributed by atoms with Crippen LogP contribution in [-0.4, -0.2) is 25.7 Å². The lowest BCUT2D eigenvalue weighted by Gasteiger charge is -2.07. The third-order valence-electron chi connectivity index (χ3n) is 3.95. The van der Waals surface area contributed by atoms with E-state index in [1.807, 2.05) is 24.4 Å². The summed E-state index contributed by atoms with van der Waals surface area (Å²) < 4.78 is 1.58. The number of carbonyl (C=O) groups excluding carboxylic acids is 1. The highest BCUT2D eigenvalue weighted by Crippen LogP contribution is 2.32. The van der Waals surface area contributed by atoms with E-state index in [1.165, 1.54) is 12.3 Å². The van der Waals surface area contributed by atoms with Gasteiger partial charge in [0.05, 0.1) is 21.1 Å². The van der Waals surface area contributed by atoms with Crippen molar-refractivity contribution in [1.82, 2.24) is 19.7 Å². The Morgan fingerprint density at radius 3 is 2.89 bits per heavy atom. The maximum Gasteiger partial charge on any atom is 0.247 e. The number of nitrogens with one attached hydrogen (secondary N) is 1. The Kier molecular flexibility index (Phi) is 4.82. The molecule has 1 N–H and O–H groups in total. The second-order valence-corrected chi connectivity index (χ2v) is 7.60. The molecule has 136 valence electrons. The lowest BCUT2D eigenvalue weighted by atomic mass is 10.1. The molecule has 6 nitrogen and oxygen atoms in total. The molecule has 0 aliphatic heterocycles. The molecule has 4 aromatic rings. The van der Waals surface area contributed by atoms with Crippen molar-refractivity contribution in [2.75, 3.05) is 5.32 Å². The van der Waals surface area contributed by atoms with Gasteiger partial charge in [0.25, 0.3) is 0 Å². The fourth-order valence-corrected chi connectivity index (χ4v) is 4.03. The van der Waals surface area contributed by atoms with Crippen LogP contribution in [0.1, 0.15) is 5.69 Å². The van der Waals surface area contributed by atoms with Crippen molar-refractivity contribution in [2.45, 2.75) is 13.5 Å². The highest BCUT2D eigenvalue weighted by Gasteiger charge is 2.17. The Morgan fingerprint density at radius 1 is 1.30 bits per heavy atom. The monoisotopic (exact) mass is 417 g/mol. The first kappa shape index (κ1) is 17.9. The number of carbonyl (C=O) groups is 1. The average Bonchev–Trinajstić information content (AvgIpc) is 3.27. The zero-order chi connectivity index (χ0) is 19.0. The molecule has 0 spiro atoms. The molecule has 4 heterocycles. The van der Waals surface area contributed by atoms with Gasteiger partial charge in [-0.05, 0) is 30.5 Å². The summed E-state index contributed by atoms with van der Waals surface area (Å²) in [5.74, 6) is -0.0501. The number of thiophene rings is 1. The van der Waals surface area contributed by atoms with Gasteiger partial charge in [0.2, 0.25) is 5.91 Å². The quantitative estimate of drug-likeness (QED) is 0.516.